The average molecular weight is 473 g/mol. The highest BCUT2D eigenvalue weighted by molar-refractivity contribution is 14.0. The van der Waals surface area contributed by atoms with Crippen LogP contribution in [0.3, 0.4) is 0 Å². The van der Waals surface area contributed by atoms with Gasteiger partial charge in [0, 0.05) is 66.0 Å². The molecule has 1 N–H and O–H groups in total. The molecule has 0 saturated carbocycles. The van der Waals surface area contributed by atoms with Crippen LogP contribution in [0.5, 0.6) is 0 Å². The van der Waals surface area contributed by atoms with Crippen molar-refractivity contribution in [3.63, 3.8) is 0 Å². The Balaban J connectivity index is 0.00000338. The minimum atomic E-state index is 0. The molecular formula is C19H32IN5O. The minimum Gasteiger partial charge on any atom is -0.378 e. The van der Waals surface area contributed by atoms with Gasteiger partial charge >= 0.3 is 0 Å². The molecule has 1 aliphatic heterocycles. The summed E-state index contributed by atoms with van der Waals surface area (Å²) in [6, 6.07) is 8.63. The normalized spacial score (nSPS) is 14.7. The number of guanidine groups is 1. The molecule has 1 aromatic carbocycles. The summed E-state index contributed by atoms with van der Waals surface area (Å²) in [7, 11) is 4.10. The predicted molar refractivity (Wildman–Crippen MR) is 120 cm³/mol. The number of amides is 1. The SMILES string of the molecule is CCNC(=NCCc1ccc(N(C)C)cc1)N1CCN(C(C)=O)CC1.I. The highest BCUT2D eigenvalue weighted by Gasteiger charge is 2.20. The fourth-order valence-corrected chi connectivity index (χ4v) is 2.91. The van der Waals surface area contributed by atoms with Crippen LogP contribution in [-0.4, -0.2) is 75.0 Å². The van der Waals surface area contributed by atoms with Crippen molar-refractivity contribution in [2.45, 2.75) is 20.3 Å². The van der Waals surface area contributed by atoms with Crippen LogP contribution in [0, 0.1) is 0 Å². The van der Waals surface area contributed by atoms with Crippen molar-refractivity contribution in [2.75, 3.05) is 58.3 Å². The number of nitrogens with zero attached hydrogens (tertiary/aromatic N) is 4. The van der Waals surface area contributed by atoms with Gasteiger partial charge in [-0.1, -0.05) is 12.1 Å². The fraction of sp³-hybridized carbons (Fsp3) is 0.579. The van der Waals surface area contributed by atoms with Crippen LogP contribution in [0.25, 0.3) is 0 Å². The molecule has 0 bridgehead atoms. The van der Waals surface area contributed by atoms with Crippen LogP contribution in [0.2, 0.25) is 0 Å². The lowest BCUT2D eigenvalue weighted by Gasteiger charge is -2.36. The summed E-state index contributed by atoms with van der Waals surface area (Å²) in [5, 5.41) is 3.37. The summed E-state index contributed by atoms with van der Waals surface area (Å²) in [6.07, 6.45) is 0.927. The van der Waals surface area contributed by atoms with Crippen LogP contribution in [0.4, 0.5) is 5.69 Å². The van der Waals surface area contributed by atoms with Crippen LogP contribution in [0.15, 0.2) is 29.3 Å². The van der Waals surface area contributed by atoms with E-state index in [1.165, 1.54) is 11.3 Å². The van der Waals surface area contributed by atoms with Gasteiger partial charge in [0.15, 0.2) is 5.96 Å². The Bertz CT molecular complexity index is 580. The van der Waals surface area contributed by atoms with Gasteiger partial charge in [0.05, 0.1) is 0 Å². The highest BCUT2D eigenvalue weighted by atomic mass is 127. The molecule has 1 heterocycles. The lowest BCUT2D eigenvalue weighted by atomic mass is 10.1. The van der Waals surface area contributed by atoms with Gasteiger partial charge in [-0.3, -0.25) is 9.79 Å². The first-order valence-electron chi connectivity index (χ1n) is 9.06. The third kappa shape index (κ3) is 6.66. The minimum absolute atomic E-state index is 0. The number of rotatable bonds is 5. The molecule has 2 rings (SSSR count). The van der Waals surface area contributed by atoms with Gasteiger partial charge in [-0.15, -0.1) is 24.0 Å². The molecule has 1 aromatic rings. The number of halogens is 1. The van der Waals surface area contributed by atoms with Gasteiger partial charge in [-0.2, -0.15) is 0 Å². The standard InChI is InChI=1S/C19H31N5O.HI/c1-5-20-19(24-14-12-23(13-15-24)16(2)25)21-11-10-17-6-8-18(9-7-17)22(3)4;/h6-9H,5,10-15H2,1-4H3,(H,20,21);1H. The van der Waals surface area contributed by atoms with Gasteiger partial charge in [0.25, 0.3) is 0 Å². The van der Waals surface area contributed by atoms with E-state index in [4.69, 9.17) is 4.99 Å². The highest BCUT2D eigenvalue weighted by Crippen LogP contribution is 2.12. The molecular weight excluding hydrogens is 441 g/mol. The molecule has 0 atom stereocenters. The number of benzene rings is 1. The van der Waals surface area contributed by atoms with Gasteiger partial charge in [-0.05, 0) is 31.0 Å². The Kier molecular flexibility index (Phi) is 9.75. The Morgan fingerprint density at radius 2 is 1.69 bits per heavy atom. The molecule has 0 aliphatic carbocycles. The summed E-state index contributed by atoms with van der Waals surface area (Å²) in [5.41, 5.74) is 2.51. The molecule has 1 aliphatic rings. The number of carbonyl (C=O) groups excluding carboxylic acids is 1. The monoisotopic (exact) mass is 473 g/mol. The number of aliphatic imine (C=N–C) groups is 1. The van der Waals surface area contributed by atoms with Crippen molar-refractivity contribution >= 4 is 41.5 Å². The molecule has 0 spiro atoms. The van der Waals surface area contributed by atoms with Gasteiger partial charge in [0.1, 0.15) is 0 Å². The average Bonchev–Trinajstić information content (AvgIpc) is 2.61. The zero-order valence-electron chi connectivity index (χ0n) is 16.4. The molecule has 1 saturated heterocycles. The Labute approximate surface area is 174 Å². The number of carbonyl (C=O) groups is 1. The third-order valence-electron chi connectivity index (χ3n) is 4.47. The second-order valence-corrected chi connectivity index (χ2v) is 6.54. The zero-order valence-corrected chi connectivity index (χ0v) is 18.7. The molecule has 26 heavy (non-hydrogen) atoms. The van der Waals surface area contributed by atoms with Crippen molar-refractivity contribution < 1.29 is 4.79 Å². The fourth-order valence-electron chi connectivity index (χ4n) is 2.91. The van der Waals surface area contributed by atoms with Gasteiger partial charge < -0.3 is 20.0 Å². The van der Waals surface area contributed by atoms with Crippen molar-refractivity contribution in [1.82, 2.24) is 15.1 Å². The first-order chi connectivity index (χ1) is 12.0. The number of hydrogen-bond donors (Lipinski definition) is 1. The quantitative estimate of drug-likeness (QED) is 0.404. The summed E-state index contributed by atoms with van der Waals surface area (Å²) in [4.78, 5) is 22.5. The number of piperazine rings is 1. The van der Waals surface area contributed by atoms with Crippen molar-refractivity contribution in [3.05, 3.63) is 29.8 Å². The van der Waals surface area contributed by atoms with E-state index in [0.717, 1.165) is 51.6 Å². The van der Waals surface area contributed by atoms with E-state index in [2.05, 4.69) is 46.3 Å². The first-order valence-corrected chi connectivity index (χ1v) is 9.06. The second kappa shape index (κ2) is 11.3. The smallest absolute Gasteiger partial charge is 0.219 e. The maximum absolute atomic E-state index is 11.5. The summed E-state index contributed by atoms with van der Waals surface area (Å²) >= 11 is 0. The Morgan fingerprint density at radius 3 is 2.19 bits per heavy atom. The molecule has 146 valence electrons. The van der Waals surface area contributed by atoms with Gasteiger partial charge in [0.2, 0.25) is 5.91 Å². The van der Waals surface area contributed by atoms with Crippen molar-refractivity contribution in [3.8, 4) is 0 Å². The molecule has 0 radical (unpaired) electrons. The van der Waals surface area contributed by atoms with Gasteiger partial charge in [-0.25, -0.2) is 0 Å². The lowest BCUT2D eigenvalue weighted by Crippen LogP contribution is -2.53. The molecule has 1 amide bonds. The predicted octanol–water partition coefficient (Wildman–Crippen LogP) is 2.04. The van der Waals surface area contributed by atoms with Crippen molar-refractivity contribution in [1.29, 1.82) is 0 Å². The largest absolute Gasteiger partial charge is 0.378 e. The van der Waals surface area contributed by atoms with Crippen LogP contribution in [-0.2, 0) is 11.2 Å². The molecule has 6 nitrogen and oxygen atoms in total. The molecule has 0 aromatic heterocycles. The Morgan fingerprint density at radius 1 is 1.12 bits per heavy atom. The van der Waals surface area contributed by atoms with Crippen LogP contribution >= 0.6 is 24.0 Å². The topological polar surface area (TPSA) is 51.2 Å². The summed E-state index contributed by atoms with van der Waals surface area (Å²) < 4.78 is 0. The van der Waals surface area contributed by atoms with E-state index in [-0.39, 0.29) is 29.9 Å². The summed E-state index contributed by atoms with van der Waals surface area (Å²) in [6.45, 7) is 8.54. The van der Waals surface area contributed by atoms with E-state index >= 15 is 0 Å². The number of hydrogen-bond acceptors (Lipinski definition) is 3. The third-order valence-corrected chi connectivity index (χ3v) is 4.47. The zero-order chi connectivity index (χ0) is 18.2. The number of anilines is 1. The maximum atomic E-state index is 11.5. The maximum Gasteiger partial charge on any atom is 0.219 e. The van der Waals surface area contributed by atoms with E-state index in [0.29, 0.717) is 0 Å². The Hall–Kier alpha value is -1.51. The van der Waals surface area contributed by atoms with Crippen LogP contribution in [0.1, 0.15) is 19.4 Å². The first kappa shape index (κ1) is 22.5. The van der Waals surface area contributed by atoms with E-state index in [1.807, 2.05) is 19.0 Å². The van der Waals surface area contributed by atoms with Crippen molar-refractivity contribution in [2.24, 2.45) is 4.99 Å². The van der Waals surface area contributed by atoms with E-state index in [9.17, 15) is 4.79 Å². The second-order valence-electron chi connectivity index (χ2n) is 6.54. The number of nitrogens with one attached hydrogen (secondary N) is 1. The van der Waals surface area contributed by atoms with E-state index < -0.39 is 0 Å². The molecule has 1 fully saturated rings. The van der Waals surface area contributed by atoms with E-state index in [1.54, 1.807) is 6.92 Å². The molecule has 0 unspecified atom stereocenters. The summed E-state index contributed by atoms with van der Waals surface area (Å²) in [5.74, 6) is 1.11. The van der Waals surface area contributed by atoms with Crippen LogP contribution < -0.4 is 10.2 Å². The lowest BCUT2D eigenvalue weighted by molar-refractivity contribution is -0.130. The molecule has 7 heteroatoms.